The molecule has 1 heterocycles. The van der Waals surface area contributed by atoms with E-state index in [2.05, 4.69) is 5.32 Å². The molecule has 2 rings (SSSR count). The molecule has 1 fully saturated rings. The third kappa shape index (κ3) is 3.54. The average Bonchev–Trinajstić information content (AvgIpc) is 2.40. The van der Waals surface area contributed by atoms with Gasteiger partial charge in [-0.25, -0.2) is 13.2 Å². The Hall–Kier alpha value is -1.60. The molecule has 0 aliphatic carbocycles. The lowest BCUT2D eigenvalue weighted by molar-refractivity contribution is -0.116. The first-order chi connectivity index (χ1) is 9.81. The number of carboxylic acid groups (broad SMARTS) is 1. The number of amides is 1. The van der Waals surface area contributed by atoms with Crippen LogP contribution in [0.2, 0.25) is 5.02 Å². The minimum Gasteiger partial charge on any atom is -0.478 e. The summed E-state index contributed by atoms with van der Waals surface area (Å²) in [5, 5.41) is 10.4. The third-order valence-corrected chi connectivity index (χ3v) is 5.85. The standard InChI is InChI=1S/C13H14ClNO5S/c14-9-5-4-8(13(17)18)7-10(9)15-12(16)11-3-1-2-6-21(11,19)20/h4-5,7,11H,1-3,6H2,(H,15,16)(H,17,18). The summed E-state index contributed by atoms with van der Waals surface area (Å²) < 4.78 is 23.8. The molecule has 0 radical (unpaired) electrons. The van der Waals surface area contributed by atoms with Gasteiger partial charge in [0.15, 0.2) is 9.84 Å². The summed E-state index contributed by atoms with van der Waals surface area (Å²) in [6.45, 7) is 0. The smallest absolute Gasteiger partial charge is 0.335 e. The summed E-state index contributed by atoms with van der Waals surface area (Å²) >= 11 is 5.90. The fourth-order valence-corrected chi connectivity index (χ4v) is 4.18. The number of halogens is 1. The number of rotatable bonds is 3. The van der Waals surface area contributed by atoms with Crippen molar-refractivity contribution in [2.75, 3.05) is 11.1 Å². The molecular weight excluding hydrogens is 318 g/mol. The van der Waals surface area contributed by atoms with Crippen molar-refractivity contribution >= 4 is 39.0 Å². The Balaban J connectivity index is 2.23. The van der Waals surface area contributed by atoms with Crippen molar-refractivity contribution < 1.29 is 23.1 Å². The van der Waals surface area contributed by atoms with Crippen molar-refractivity contribution in [3.8, 4) is 0 Å². The number of anilines is 1. The van der Waals surface area contributed by atoms with Crippen LogP contribution in [0, 0.1) is 0 Å². The van der Waals surface area contributed by atoms with Crippen molar-refractivity contribution in [1.29, 1.82) is 0 Å². The molecule has 1 amide bonds. The Morgan fingerprint density at radius 3 is 2.62 bits per heavy atom. The van der Waals surface area contributed by atoms with Crippen molar-refractivity contribution in [3.63, 3.8) is 0 Å². The number of nitrogens with one attached hydrogen (secondary N) is 1. The average molecular weight is 332 g/mol. The molecule has 0 saturated carbocycles. The second kappa shape index (κ2) is 6.03. The van der Waals surface area contributed by atoms with Gasteiger partial charge in [-0.15, -0.1) is 0 Å². The Morgan fingerprint density at radius 2 is 2.00 bits per heavy atom. The number of aromatic carboxylic acids is 1. The van der Waals surface area contributed by atoms with Crippen LogP contribution in [-0.4, -0.2) is 36.4 Å². The van der Waals surface area contributed by atoms with E-state index < -0.39 is 27.0 Å². The first-order valence-electron chi connectivity index (χ1n) is 6.36. The van der Waals surface area contributed by atoms with Gasteiger partial charge >= 0.3 is 5.97 Å². The van der Waals surface area contributed by atoms with E-state index in [0.29, 0.717) is 12.8 Å². The summed E-state index contributed by atoms with van der Waals surface area (Å²) in [6, 6.07) is 3.85. The highest BCUT2D eigenvalue weighted by atomic mass is 35.5. The largest absolute Gasteiger partial charge is 0.478 e. The van der Waals surface area contributed by atoms with Crippen molar-refractivity contribution in [3.05, 3.63) is 28.8 Å². The molecular formula is C13H14ClNO5S. The second-order valence-corrected chi connectivity index (χ2v) is 7.55. The number of hydrogen-bond acceptors (Lipinski definition) is 4. The quantitative estimate of drug-likeness (QED) is 0.881. The highest BCUT2D eigenvalue weighted by Crippen LogP contribution is 2.26. The van der Waals surface area contributed by atoms with Gasteiger partial charge in [0.25, 0.3) is 0 Å². The molecule has 8 heteroatoms. The highest BCUT2D eigenvalue weighted by molar-refractivity contribution is 7.92. The summed E-state index contributed by atoms with van der Waals surface area (Å²) in [4.78, 5) is 23.0. The van der Waals surface area contributed by atoms with E-state index in [0.717, 1.165) is 0 Å². The molecule has 1 aromatic carbocycles. The maximum absolute atomic E-state index is 12.1. The van der Waals surface area contributed by atoms with E-state index in [4.69, 9.17) is 16.7 Å². The van der Waals surface area contributed by atoms with E-state index in [9.17, 15) is 18.0 Å². The van der Waals surface area contributed by atoms with Gasteiger partial charge in [0.1, 0.15) is 5.25 Å². The first-order valence-corrected chi connectivity index (χ1v) is 8.46. The Morgan fingerprint density at radius 1 is 1.29 bits per heavy atom. The van der Waals surface area contributed by atoms with Crippen LogP contribution >= 0.6 is 11.6 Å². The van der Waals surface area contributed by atoms with Crippen LogP contribution in [-0.2, 0) is 14.6 Å². The zero-order valence-electron chi connectivity index (χ0n) is 11.0. The SMILES string of the molecule is O=C(O)c1ccc(Cl)c(NC(=O)C2CCCCS2(=O)=O)c1. The van der Waals surface area contributed by atoms with Crippen LogP contribution in [0.25, 0.3) is 0 Å². The van der Waals surface area contributed by atoms with Crippen molar-refractivity contribution in [1.82, 2.24) is 0 Å². The van der Waals surface area contributed by atoms with Gasteiger partial charge in [-0.3, -0.25) is 4.79 Å². The maximum atomic E-state index is 12.1. The topological polar surface area (TPSA) is 101 Å². The number of sulfone groups is 1. The van der Waals surface area contributed by atoms with Crippen LogP contribution in [0.5, 0.6) is 0 Å². The molecule has 114 valence electrons. The molecule has 0 spiro atoms. The molecule has 1 atom stereocenters. The fourth-order valence-electron chi connectivity index (χ4n) is 2.22. The lowest BCUT2D eigenvalue weighted by atomic mass is 10.1. The van der Waals surface area contributed by atoms with Gasteiger partial charge in [-0.05, 0) is 31.0 Å². The number of carbonyl (C=O) groups is 2. The molecule has 1 aliphatic heterocycles. The molecule has 0 bridgehead atoms. The van der Waals surface area contributed by atoms with Gasteiger partial charge in [-0.1, -0.05) is 18.0 Å². The number of hydrogen-bond donors (Lipinski definition) is 2. The first kappa shape index (κ1) is 15.8. The van der Waals surface area contributed by atoms with E-state index >= 15 is 0 Å². The zero-order valence-corrected chi connectivity index (χ0v) is 12.6. The fraction of sp³-hybridized carbons (Fsp3) is 0.385. The number of carbonyl (C=O) groups excluding carboxylic acids is 1. The Labute approximate surface area is 127 Å². The van der Waals surface area contributed by atoms with Gasteiger partial charge in [0, 0.05) is 0 Å². The molecule has 1 aromatic rings. The predicted molar refractivity (Wildman–Crippen MR) is 78.5 cm³/mol. The molecule has 6 nitrogen and oxygen atoms in total. The normalized spacial score (nSPS) is 20.7. The lowest BCUT2D eigenvalue weighted by Gasteiger charge is -2.21. The summed E-state index contributed by atoms with van der Waals surface area (Å²) in [5.41, 5.74) is 0.0588. The molecule has 0 aromatic heterocycles. The Kier molecular flexibility index (Phi) is 4.53. The van der Waals surface area contributed by atoms with Crippen LogP contribution in [0.4, 0.5) is 5.69 Å². The summed E-state index contributed by atoms with van der Waals surface area (Å²) in [6.07, 6.45) is 1.49. The molecule has 1 aliphatic rings. The van der Waals surface area contributed by atoms with Gasteiger partial charge in [0.2, 0.25) is 5.91 Å². The molecule has 2 N–H and O–H groups in total. The van der Waals surface area contributed by atoms with Gasteiger partial charge in [-0.2, -0.15) is 0 Å². The molecule has 1 saturated heterocycles. The van der Waals surface area contributed by atoms with E-state index in [1.807, 2.05) is 0 Å². The number of benzene rings is 1. The van der Waals surface area contributed by atoms with Crippen LogP contribution in [0.1, 0.15) is 29.6 Å². The molecule has 1 unspecified atom stereocenters. The number of carboxylic acids is 1. The van der Waals surface area contributed by atoms with Crippen LogP contribution in [0.15, 0.2) is 18.2 Å². The summed E-state index contributed by atoms with van der Waals surface area (Å²) in [5.74, 6) is -1.83. The second-order valence-electron chi connectivity index (χ2n) is 4.84. The Bertz CT molecular complexity index is 686. The minimum absolute atomic E-state index is 0.00597. The van der Waals surface area contributed by atoms with Crippen LogP contribution in [0.3, 0.4) is 0 Å². The van der Waals surface area contributed by atoms with Gasteiger partial charge in [0.05, 0.1) is 22.0 Å². The van der Waals surface area contributed by atoms with E-state index in [1.54, 1.807) is 0 Å². The summed E-state index contributed by atoms with van der Waals surface area (Å²) in [7, 11) is -3.45. The minimum atomic E-state index is -3.45. The van der Waals surface area contributed by atoms with E-state index in [1.165, 1.54) is 18.2 Å². The highest BCUT2D eigenvalue weighted by Gasteiger charge is 2.35. The van der Waals surface area contributed by atoms with Crippen LogP contribution < -0.4 is 5.32 Å². The van der Waals surface area contributed by atoms with Crippen molar-refractivity contribution in [2.24, 2.45) is 0 Å². The predicted octanol–water partition coefficient (Wildman–Crippen LogP) is 1.94. The maximum Gasteiger partial charge on any atom is 0.335 e. The van der Waals surface area contributed by atoms with Gasteiger partial charge < -0.3 is 10.4 Å². The zero-order chi connectivity index (χ0) is 15.6. The molecule has 21 heavy (non-hydrogen) atoms. The van der Waals surface area contributed by atoms with Crippen molar-refractivity contribution in [2.45, 2.75) is 24.5 Å². The lowest BCUT2D eigenvalue weighted by Crippen LogP contribution is -2.39. The monoisotopic (exact) mass is 331 g/mol. The van der Waals surface area contributed by atoms with E-state index in [-0.39, 0.29) is 28.4 Å². The third-order valence-electron chi connectivity index (χ3n) is 3.34.